The number of hydrogen-bond acceptors (Lipinski definition) is 3. The van der Waals surface area contributed by atoms with Gasteiger partial charge in [-0.05, 0) is 12.5 Å². The van der Waals surface area contributed by atoms with Crippen LogP contribution in [0.2, 0.25) is 0 Å². The van der Waals surface area contributed by atoms with Crippen molar-refractivity contribution in [2.45, 2.75) is 19.8 Å². The molecule has 0 fully saturated rings. The molecule has 98 valence electrons. The summed E-state index contributed by atoms with van der Waals surface area (Å²) < 4.78 is 12.8. The second-order valence-electron chi connectivity index (χ2n) is 3.93. The van der Waals surface area contributed by atoms with Gasteiger partial charge in [-0.3, -0.25) is 14.6 Å². The van der Waals surface area contributed by atoms with Crippen molar-refractivity contribution < 1.29 is 19.1 Å². The first-order valence-electron chi connectivity index (χ1n) is 5.66. The zero-order valence-corrected chi connectivity index (χ0v) is 10.0. The average Bonchev–Trinajstić information content (AvgIpc) is 2.33. The number of carboxylic acid groups (broad SMARTS) is 1. The van der Waals surface area contributed by atoms with Crippen molar-refractivity contribution in [3.05, 3.63) is 29.8 Å². The van der Waals surface area contributed by atoms with Crippen molar-refractivity contribution >= 4 is 11.9 Å². The summed E-state index contributed by atoms with van der Waals surface area (Å²) in [5.41, 5.74) is 0.0793. The predicted octanol–water partition coefficient (Wildman–Crippen LogP) is 1.45. The minimum Gasteiger partial charge on any atom is -0.481 e. The van der Waals surface area contributed by atoms with Crippen LogP contribution < -0.4 is 5.32 Å². The van der Waals surface area contributed by atoms with Crippen LogP contribution in [0, 0.1) is 11.7 Å². The van der Waals surface area contributed by atoms with Crippen molar-refractivity contribution in [3.63, 3.8) is 0 Å². The summed E-state index contributed by atoms with van der Waals surface area (Å²) in [4.78, 5) is 26.0. The van der Waals surface area contributed by atoms with Gasteiger partial charge in [0.25, 0.3) is 5.91 Å². The van der Waals surface area contributed by atoms with Crippen molar-refractivity contribution in [2.24, 2.45) is 5.92 Å². The Hall–Kier alpha value is -1.98. The average molecular weight is 254 g/mol. The lowest BCUT2D eigenvalue weighted by Crippen LogP contribution is -2.33. The first-order chi connectivity index (χ1) is 8.54. The summed E-state index contributed by atoms with van der Waals surface area (Å²) in [5.74, 6) is -2.70. The van der Waals surface area contributed by atoms with Crippen LogP contribution in [0.25, 0.3) is 0 Å². The van der Waals surface area contributed by atoms with Crippen LogP contribution >= 0.6 is 0 Å². The highest BCUT2D eigenvalue weighted by Crippen LogP contribution is 2.06. The number of amides is 1. The van der Waals surface area contributed by atoms with Crippen LogP contribution in [0.4, 0.5) is 4.39 Å². The number of pyridine rings is 1. The maximum atomic E-state index is 12.8. The first kappa shape index (κ1) is 14.1. The molecular weight excluding hydrogens is 239 g/mol. The Balaban J connectivity index is 2.57. The summed E-state index contributed by atoms with van der Waals surface area (Å²) in [7, 11) is 0. The Morgan fingerprint density at radius 3 is 2.78 bits per heavy atom. The highest BCUT2D eigenvalue weighted by atomic mass is 19.1. The van der Waals surface area contributed by atoms with Gasteiger partial charge in [0.2, 0.25) is 0 Å². The zero-order valence-electron chi connectivity index (χ0n) is 10.0. The number of carbonyl (C=O) groups excluding carboxylic acids is 1. The number of aromatic nitrogens is 1. The molecule has 1 rings (SSSR count). The van der Waals surface area contributed by atoms with E-state index < -0.39 is 23.6 Å². The van der Waals surface area contributed by atoms with Crippen LogP contribution in [-0.4, -0.2) is 28.5 Å². The second-order valence-corrected chi connectivity index (χ2v) is 3.93. The van der Waals surface area contributed by atoms with Gasteiger partial charge in [0, 0.05) is 12.7 Å². The molecule has 0 aliphatic heterocycles. The van der Waals surface area contributed by atoms with Crippen LogP contribution in [0.5, 0.6) is 0 Å². The number of nitrogens with one attached hydrogen (secondary N) is 1. The molecule has 1 atom stereocenters. The standard InChI is InChI=1S/C12H15FN2O3/c1-2-3-8(12(17)18)6-15-11(16)9-4-10(13)7-14-5-9/h4-5,7-8H,2-3,6H2,1H3,(H,15,16)(H,17,18). The maximum absolute atomic E-state index is 12.8. The van der Waals surface area contributed by atoms with Gasteiger partial charge >= 0.3 is 5.97 Å². The Bertz CT molecular complexity index is 437. The third kappa shape index (κ3) is 4.12. The van der Waals surface area contributed by atoms with E-state index in [9.17, 15) is 14.0 Å². The number of carbonyl (C=O) groups is 2. The number of halogens is 1. The van der Waals surface area contributed by atoms with Gasteiger partial charge in [0.15, 0.2) is 0 Å². The third-order valence-electron chi connectivity index (χ3n) is 2.46. The fraction of sp³-hybridized carbons (Fsp3) is 0.417. The molecule has 1 unspecified atom stereocenters. The molecule has 0 aliphatic carbocycles. The van der Waals surface area contributed by atoms with Gasteiger partial charge in [-0.15, -0.1) is 0 Å². The van der Waals surface area contributed by atoms with Gasteiger partial charge in [0.05, 0.1) is 17.7 Å². The minimum absolute atomic E-state index is 0.0263. The molecule has 5 nitrogen and oxygen atoms in total. The predicted molar refractivity (Wildman–Crippen MR) is 62.6 cm³/mol. The molecule has 0 bridgehead atoms. The van der Waals surface area contributed by atoms with Crippen molar-refractivity contribution in [2.75, 3.05) is 6.54 Å². The van der Waals surface area contributed by atoms with E-state index in [-0.39, 0.29) is 12.1 Å². The molecule has 0 saturated heterocycles. The van der Waals surface area contributed by atoms with Crippen molar-refractivity contribution in [1.82, 2.24) is 10.3 Å². The number of hydrogen-bond donors (Lipinski definition) is 2. The van der Waals surface area contributed by atoms with E-state index in [0.717, 1.165) is 12.3 Å². The van der Waals surface area contributed by atoms with Gasteiger partial charge in [-0.1, -0.05) is 13.3 Å². The molecule has 1 aromatic rings. The van der Waals surface area contributed by atoms with Gasteiger partial charge in [0.1, 0.15) is 5.82 Å². The molecule has 0 spiro atoms. The van der Waals surface area contributed by atoms with E-state index in [4.69, 9.17) is 5.11 Å². The Kier molecular flexibility index (Phi) is 5.23. The Labute approximate surface area is 104 Å². The molecule has 0 aliphatic rings. The van der Waals surface area contributed by atoms with E-state index in [0.29, 0.717) is 12.8 Å². The Morgan fingerprint density at radius 2 is 2.22 bits per heavy atom. The molecule has 0 saturated carbocycles. The largest absolute Gasteiger partial charge is 0.481 e. The van der Waals surface area contributed by atoms with Gasteiger partial charge in [-0.2, -0.15) is 0 Å². The smallest absolute Gasteiger partial charge is 0.308 e. The molecule has 18 heavy (non-hydrogen) atoms. The van der Waals surface area contributed by atoms with Crippen LogP contribution in [0.1, 0.15) is 30.1 Å². The highest BCUT2D eigenvalue weighted by molar-refractivity contribution is 5.94. The second kappa shape index (κ2) is 6.68. The van der Waals surface area contributed by atoms with E-state index in [1.165, 1.54) is 6.20 Å². The fourth-order valence-corrected chi connectivity index (χ4v) is 1.52. The molecule has 6 heteroatoms. The lowest BCUT2D eigenvalue weighted by atomic mass is 10.0. The highest BCUT2D eigenvalue weighted by Gasteiger charge is 2.17. The van der Waals surface area contributed by atoms with Gasteiger partial charge in [-0.25, -0.2) is 4.39 Å². The summed E-state index contributed by atoms with van der Waals surface area (Å²) in [5, 5.41) is 11.4. The molecule has 0 radical (unpaired) electrons. The summed E-state index contributed by atoms with van der Waals surface area (Å²) in [6.07, 6.45) is 3.42. The number of aliphatic carboxylic acids is 1. The normalized spacial score (nSPS) is 11.9. The van der Waals surface area contributed by atoms with E-state index in [1.54, 1.807) is 0 Å². The van der Waals surface area contributed by atoms with E-state index >= 15 is 0 Å². The van der Waals surface area contributed by atoms with Crippen LogP contribution in [-0.2, 0) is 4.79 Å². The molecule has 1 aromatic heterocycles. The number of nitrogens with zero attached hydrogens (tertiary/aromatic N) is 1. The zero-order chi connectivity index (χ0) is 13.5. The lowest BCUT2D eigenvalue weighted by Gasteiger charge is -2.12. The van der Waals surface area contributed by atoms with Crippen molar-refractivity contribution in [1.29, 1.82) is 0 Å². The molecular formula is C12H15FN2O3. The minimum atomic E-state index is -0.950. The van der Waals surface area contributed by atoms with E-state index in [2.05, 4.69) is 10.3 Å². The third-order valence-corrected chi connectivity index (χ3v) is 2.46. The summed E-state index contributed by atoms with van der Waals surface area (Å²) in [6.45, 7) is 1.90. The molecule has 2 N–H and O–H groups in total. The lowest BCUT2D eigenvalue weighted by molar-refractivity contribution is -0.141. The van der Waals surface area contributed by atoms with Crippen molar-refractivity contribution in [3.8, 4) is 0 Å². The summed E-state index contributed by atoms with van der Waals surface area (Å²) >= 11 is 0. The van der Waals surface area contributed by atoms with Gasteiger partial charge < -0.3 is 10.4 Å². The number of carboxylic acids is 1. The maximum Gasteiger partial charge on any atom is 0.308 e. The molecule has 1 heterocycles. The topological polar surface area (TPSA) is 79.3 Å². The van der Waals surface area contributed by atoms with E-state index in [1.807, 2.05) is 6.92 Å². The molecule has 1 amide bonds. The Morgan fingerprint density at radius 1 is 1.50 bits per heavy atom. The monoisotopic (exact) mass is 254 g/mol. The fourth-order valence-electron chi connectivity index (χ4n) is 1.52. The molecule has 0 aromatic carbocycles. The quantitative estimate of drug-likeness (QED) is 0.805. The van der Waals surface area contributed by atoms with Crippen LogP contribution in [0.3, 0.4) is 0 Å². The number of rotatable bonds is 6. The first-order valence-corrected chi connectivity index (χ1v) is 5.66. The summed E-state index contributed by atoms with van der Waals surface area (Å²) in [6, 6.07) is 1.05. The SMILES string of the molecule is CCCC(CNC(=O)c1cncc(F)c1)C(=O)O. The van der Waals surface area contributed by atoms with Crippen LogP contribution in [0.15, 0.2) is 18.5 Å².